The molecule has 2 N–H and O–H groups in total. The number of anilines is 1. The Morgan fingerprint density at radius 2 is 1.93 bits per heavy atom. The minimum Gasteiger partial charge on any atom is -0.497 e. The summed E-state index contributed by atoms with van der Waals surface area (Å²) >= 11 is 5.18. The molecule has 4 rings (SSSR count). The molecule has 1 heterocycles. The van der Waals surface area contributed by atoms with Gasteiger partial charge in [-0.25, -0.2) is 9.37 Å². The standard InChI is InChI=1S/C22H16FN3O3S/c1-28-17-7-3-5-14(11-17)21-25-18-12-16(8-9-19(18)29-21)24-22(30)26-20(27)13-4-2-6-15(23)10-13/h2-12H,1H3,(H2,24,26,27,30). The minimum atomic E-state index is -0.505. The molecule has 0 aliphatic carbocycles. The van der Waals surface area contributed by atoms with Crippen LogP contribution in [0.5, 0.6) is 5.75 Å². The second-order valence-corrected chi connectivity index (χ2v) is 6.76. The predicted molar refractivity (Wildman–Crippen MR) is 116 cm³/mol. The topological polar surface area (TPSA) is 76.4 Å². The van der Waals surface area contributed by atoms with E-state index in [1.165, 1.54) is 18.2 Å². The number of nitrogens with zero attached hydrogens (tertiary/aromatic N) is 1. The van der Waals surface area contributed by atoms with Gasteiger partial charge in [0.05, 0.1) is 7.11 Å². The molecule has 150 valence electrons. The van der Waals surface area contributed by atoms with E-state index in [-0.39, 0.29) is 10.7 Å². The molecule has 3 aromatic carbocycles. The number of aromatic nitrogens is 1. The van der Waals surface area contributed by atoms with E-state index in [1.807, 2.05) is 24.3 Å². The third-order valence-corrected chi connectivity index (χ3v) is 4.48. The Morgan fingerprint density at radius 1 is 1.10 bits per heavy atom. The maximum absolute atomic E-state index is 13.3. The van der Waals surface area contributed by atoms with Crippen LogP contribution in [0.15, 0.2) is 71.1 Å². The Balaban J connectivity index is 1.49. The zero-order valence-corrected chi connectivity index (χ0v) is 16.6. The minimum absolute atomic E-state index is 0.0834. The van der Waals surface area contributed by atoms with E-state index in [1.54, 1.807) is 25.3 Å². The Morgan fingerprint density at radius 3 is 2.73 bits per heavy atom. The molecule has 6 nitrogen and oxygen atoms in total. The molecule has 4 aromatic rings. The first-order valence-corrected chi connectivity index (χ1v) is 9.35. The molecule has 0 saturated heterocycles. The molecule has 0 aliphatic rings. The average Bonchev–Trinajstić information content (AvgIpc) is 3.17. The largest absolute Gasteiger partial charge is 0.497 e. The summed E-state index contributed by atoms with van der Waals surface area (Å²) in [5.41, 5.74) is 2.81. The lowest BCUT2D eigenvalue weighted by atomic mass is 10.2. The summed E-state index contributed by atoms with van der Waals surface area (Å²) in [5, 5.41) is 5.52. The lowest BCUT2D eigenvalue weighted by molar-refractivity contribution is 0.0977. The molecular formula is C22H16FN3O3S. The summed E-state index contributed by atoms with van der Waals surface area (Å²) < 4.78 is 24.3. The number of rotatable bonds is 4. The third kappa shape index (κ3) is 4.28. The Labute approximate surface area is 176 Å². The van der Waals surface area contributed by atoms with E-state index in [4.69, 9.17) is 21.4 Å². The first kappa shape index (κ1) is 19.5. The Hall–Kier alpha value is -3.78. The normalized spacial score (nSPS) is 10.6. The quantitative estimate of drug-likeness (QED) is 0.463. The summed E-state index contributed by atoms with van der Waals surface area (Å²) in [6.07, 6.45) is 0. The van der Waals surface area contributed by atoms with Crippen LogP contribution in [-0.2, 0) is 0 Å². The van der Waals surface area contributed by atoms with Crippen molar-refractivity contribution in [1.82, 2.24) is 10.3 Å². The van der Waals surface area contributed by atoms with Gasteiger partial charge in [-0.15, -0.1) is 0 Å². The van der Waals surface area contributed by atoms with Crippen molar-refractivity contribution in [3.63, 3.8) is 0 Å². The predicted octanol–water partition coefficient (Wildman–Crippen LogP) is 4.77. The van der Waals surface area contributed by atoms with Gasteiger partial charge < -0.3 is 14.5 Å². The fourth-order valence-electron chi connectivity index (χ4n) is 2.85. The van der Waals surface area contributed by atoms with Crippen LogP contribution in [0.2, 0.25) is 0 Å². The molecule has 0 spiro atoms. The van der Waals surface area contributed by atoms with Gasteiger partial charge in [0, 0.05) is 16.8 Å². The lowest BCUT2D eigenvalue weighted by Crippen LogP contribution is -2.34. The van der Waals surface area contributed by atoms with Crippen LogP contribution in [-0.4, -0.2) is 23.1 Å². The first-order valence-electron chi connectivity index (χ1n) is 8.95. The number of hydrogen-bond acceptors (Lipinski definition) is 5. The van der Waals surface area contributed by atoms with E-state index >= 15 is 0 Å². The van der Waals surface area contributed by atoms with Crippen molar-refractivity contribution in [1.29, 1.82) is 0 Å². The van der Waals surface area contributed by atoms with Crippen LogP contribution < -0.4 is 15.4 Å². The number of carbonyl (C=O) groups excluding carboxylic acids is 1. The van der Waals surface area contributed by atoms with E-state index in [0.29, 0.717) is 28.4 Å². The smallest absolute Gasteiger partial charge is 0.257 e. The van der Waals surface area contributed by atoms with Gasteiger partial charge in [-0.1, -0.05) is 12.1 Å². The van der Waals surface area contributed by atoms with Gasteiger partial charge in [0.25, 0.3) is 5.91 Å². The number of ether oxygens (including phenoxy) is 1. The summed E-state index contributed by atoms with van der Waals surface area (Å²) in [7, 11) is 1.60. The fraction of sp³-hybridized carbons (Fsp3) is 0.0455. The van der Waals surface area contributed by atoms with Crippen LogP contribution in [0.1, 0.15) is 10.4 Å². The van der Waals surface area contributed by atoms with E-state index in [0.717, 1.165) is 11.6 Å². The van der Waals surface area contributed by atoms with E-state index in [9.17, 15) is 9.18 Å². The number of methoxy groups -OCH3 is 1. The number of nitrogens with one attached hydrogen (secondary N) is 2. The number of amides is 1. The van der Waals surface area contributed by atoms with Gasteiger partial charge in [0.1, 0.15) is 17.1 Å². The van der Waals surface area contributed by atoms with Gasteiger partial charge in [-0.05, 0) is 66.8 Å². The molecule has 8 heteroatoms. The zero-order valence-electron chi connectivity index (χ0n) is 15.8. The Bertz CT molecular complexity index is 1260. The second-order valence-electron chi connectivity index (χ2n) is 6.35. The van der Waals surface area contributed by atoms with Crippen molar-refractivity contribution in [2.24, 2.45) is 0 Å². The summed E-state index contributed by atoms with van der Waals surface area (Å²) in [6, 6.07) is 18.0. The summed E-state index contributed by atoms with van der Waals surface area (Å²) in [4.78, 5) is 16.7. The van der Waals surface area contributed by atoms with Gasteiger partial charge in [-0.3, -0.25) is 10.1 Å². The average molecular weight is 421 g/mol. The third-order valence-electron chi connectivity index (χ3n) is 4.28. The van der Waals surface area contributed by atoms with Crippen molar-refractivity contribution >= 4 is 40.0 Å². The number of fused-ring (bicyclic) bond motifs is 1. The fourth-order valence-corrected chi connectivity index (χ4v) is 3.06. The number of thiocarbonyl (C=S) groups is 1. The van der Waals surface area contributed by atoms with Gasteiger partial charge in [0.2, 0.25) is 5.89 Å². The highest BCUT2D eigenvalue weighted by molar-refractivity contribution is 7.80. The number of benzene rings is 3. The van der Waals surface area contributed by atoms with Crippen molar-refractivity contribution in [3.05, 3.63) is 78.1 Å². The van der Waals surface area contributed by atoms with Crippen molar-refractivity contribution in [2.45, 2.75) is 0 Å². The zero-order chi connectivity index (χ0) is 21.1. The van der Waals surface area contributed by atoms with Crippen LogP contribution in [0, 0.1) is 5.82 Å². The number of oxazole rings is 1. The molecule has 0 saturated carbocycles. The highest BCUT2D eigenvalue weighted by Gasteiger charge is 2.12. The maximum Gasteiger partial charge on any atom is 0.257 e. The number of carbonyl (C=O) groups is 1. The lowest BCUT2D eigenvalue weighted by Gasteiger charge is -2.09. The van der Waals surface area contributed by atoms with Crippen LogP contribution >= 0.6 is 12.2 Å². The molecule has 0 radical (unpaired) electrons. The van der Waals surface area contributed by atoms with Gasteiger partial charge in [0.15, 0.2) is 10.7 Å². The number of halogens is 1. The highest BCUT2D eigenvalue weighted by atomic mass is 32.1. The summed E-state index contributed by atoms with van der Waals surface area (Å²) in [5.74, 6) is 0.166. The summed E-state index contributed by atoms with van der Waals surface area (Å²) in [6.45, 7) is 0. The molecule has 0 bridgehead atoms. The van der Waals surface area contributed by atoms with E-state index in [2.05, 4.69) is 15.6 Å². The van der Waals surface area contributed by atoms with Crippen LogP contribution in [0.4, 0.5) is 10.1 Å². The molecule has 0 aliphatic heterocycles. The maximum atomic E-state index is 13.3. The molecule has 0 unspecified atom stereocenters. The van der Waals surface area contributed by atoms with E-state index < -0.39 is 11.7 Å². The molecule has 30 heavy (non-hydrogen) atoms. The van der Waals surface area contributed by atoms with Crippen molar-refractivity contribution in [2.75, 3.05) is 12.4 Å². The van der Waals surface area contributed by atoms with Gasteiger partial charge >= 0.3 is 0 Å². The first-order chi connectivity index (χ1) is 14.5. The monoisotopic (exact) mass is 421 g/mol. The second kappa shape index (κ2) is 8.30. The van der Waals surface area contributed by atoms with Crippen molar-refractivity contribution < 1.29 is 18.3 Å². The number of hydrogen-bond donors (Lipinski definition) is 2. The van der Waals surface area contributed by atoms with Crippen LogP contribution in [0.3, 0.4) is 0 Å². The molecule has 0 atom stereocenters. The SMILES string of the molecule is COc1cccc(-c2nc3cc(NC(=S)NC(=O)c4cccc(F)c4)ccc3o2)c1. The molecular weight excluding hydrogens is 405 g/mol. The van der Waals surface area contributed by atoms with Crippen molar-refractivity contribution in [3.8, 4) is 17.2 Å². The Kier molecular flexibility index (Phi) is 5.40. The highest BCUT2D eigenvalue weighted by Crippen LogP contribution is 2.28. The molecule has 0 fully saturated rings. The molecule has 1 aromatic heterocycles. The molecule has 1 amide bonds. The van der Waals surface area contributed by atoms with Crippen LogP contribution in [0.25, 0.3) is 22.6 Å². The van der Waals surface area contributed by atoms with Gasteiger partial charge in [-0.2, -0.15) is 0 Å².